The van der Waals surface area contributed by atoms with Gasteiger partial charge in [-0.25, -0.2) is 0 Å². The van der Waals surface area contributed by atoms with Crippen molar-refractivity contribution in [3.05, 3.63) is 46.3 Å². The molecule has 0 fully saturated rings. The van der Waals surface area contributed by atoms with Crippen LogP contribution in [0.5, 0.6) is 0 Å². The summed E-state index contributed by atoms with van der Waals surface area (Å²) >= 11 is 0. The Morgan fingerprint density at radius 2 is 1.67 bits per heavy atom. The molecule has 0 saturated heterocycles. The lowest BCUT2D eigenvalue weighted by molar-refractivity contribution is 0.552. The van der Waals surface area contributed by atoms with Crippen molar-refractivity contribution in [2.75, 3.05) is 7.05 Å². The Balaban J connectivity index is 5.76. The molecule has 2 nitrogen and oxygen atoms in total. The van der Waals surface area contributed by atoms with Gasteiger partial charge in [-0.15, -0.1) is 0 Å². The van der Waals surface area contributed by atoms with Gasteiger partial charge in [0.1, 0.15) is 0 Å². The topological polar surface area (TPSA) is 27.1 Å². The highest BCUT2D eigenvalue weighted by atomic mass is 15.1. The maximum atomic E-state index is 7.69. The third kappa shape index (κ3) is 6.61. The molecule has 0 aliphatic rings. The van der Waals surface area contributed by atoms with Crippen LogP contribution < -0.4 is 0 Å². The van der Waals surface area contributed by atoms with Crippen molar-refractivity contribution < 1.29 is 0 Å². The second-order valence-corrected chi connectivity index (χ2v) is 6.10. The molecular weight excluding hydrogens is 256 g/mol. The Hall–Kier alpha value is -1.57. The first-order valence-corrected chi connectivity index (χ1v) is 7.71. The van der Waals surface area contributed by atoms with Crippen LogP contribution in [-0.2, 0) is 0 Å². The maximum absolute atomic E-state index is 7.69. The summed E-state index contributed by atoms with van der Waals surface area (Å²) in [6.07, 6.45) is 8.73. The molecule has 0 bridgehead atoms. The number of rotatable bonds is 7. The zero-order valence-corrected chi connectivity index (χ0v) is 15.0. The molecule has 0 spiro atoms. The van der Waals surface area contributed by atoms with E-state index in [9.17, 15) is 0 Å². The maximum Gasteiger partial charge on any atom is 0.0586 e. The first-order chi connectivity index (χ1) is 9.74. The average Bonchev–Trinajstić information content (AvgIpc) is 2.43. The van der Waals surface area contributed by atoms with Crippen molar-refractivity contribution in [3.63, 3.8) is 0 Å². The molecule has 0 aromatic carbocycles. The molecule has 0 radical (unpaired) electrons. The quantitative estimate of drug-likeness (QED) is 0.472. The van der Waals surface area contributed by atoms with Crippen molar-refractivity contribution >= 4 is 6.21 Å². The Morgan fingerprint density at radius 3 is 2.05 bits per heavy atom. The van der Waals surface area contributed by atoms with E-state index in [1.807, 2.05) is 13.1 Å². The van der Waals surface area contributed by atoms with Gasteiger partial charge in [0, 0.05) is 19.0 Å². The van der Waals surface area contributed by atoms with E-state index in [0.29, 0.717) is 5.92 Å². The van der Waals surface area contributed by atoms with Crippen LogP contribution in [0.15, 0.2) is 46.3 Å². The molecule has 0 aliphatic carbocycles. The normalized spacial score (nSPS) is 14.0. The zero-order valence-electron chi connectivity index (χ0n) is 15.0. The van der Waals surface area contributed by atoms with Gasteiger partial charge in [-0.05, 0) is 57.8 Å². The summed E-state index contributed by atoms with van der Waals surface area (Å²) in [5, 5.41) is 7.69. The number of allylic oxidation sites excluding steroid dienone is 7. The molecule has 2 heteroatoms. The second-order valence-electron chi connectivity index (χ2n) is 6.10. The predicted molar refractivity (Wildman–Crippen MR) is 95.6 cm³/mol. The van der Waals surface area contributed by atoms with Gasteiger partial charge in [-0.1, -0.05) is 38.0 Å². The minimum Gasteiger partial charge on any atom is -0.343 e. The van der Waals surface area contributed by atoms with Gasteiger partial charge in [0.05, 0.1) is 5.70 Å². The number of nitrogens with one attached hydrogen (secondary N) is 1. The summed E-state index contributed by atoms with van der Waals surface area (Å²) in [6, 6.07) is 0. The van der Waals surface area contributed by atoms with Gasteiger partial charge >= 0.3 is 0 Å². The number of nitrogens with zero attached hydrogens (tertiary/aromatic N) is 1. The van der Waals surface area contributed by atoms with E-state index >= 15 is 0 Å². The van der Waals surface area contributed by atoms with Crippen molar-refractivity contribution in [2.24, 2.45) is 5.92 Å². The Bertz CT molecular complexity index is 470. The van der Waals surface area contributed by atoms with E-state index in [2.05, 4.69) is 65.5 Å². The van der Waals surface area contributed by atoms with E-state index in [1.165, 1.54) is 28.6 Å². The fourth-order valence-corrected chi connectivity index (χ4v) is 1.72. The summed E-state index contributed by atoms with van der Waals surface area (Å²) < 4.78 is 0. The summed E-state index contributed by atoms with van der Waals surface area (Å²) in [5.41, 5.74) is 6.01. The van der Waals surface area contributed by atoms with E-state index in [1.54, 1.807) is 0 Å². The van der Waals surface area contributed by atoms with Crippen LogP contribution in [0.2, 0.25) is 0 Å². The highest BCUT2D eigenvalue weighted by molar-refractivity contribution is 5.76. The fourth-order valence-electron chi connectivity index (χ4n) is 1.72. The lowest BCUT2D eigenvalue weighted by Crippen LogP contribution is -2.18. The summed E-state index contributed by atoms with van der Waals surface area (Å²) in [7, 11) is 2.04. The van der Waals surface area contributed by atoms with Crippen molar-refractivity contribution in [2.45, 2.75) is 54.9 Å². The minimum atomic E-state index is 0.531. The standard InChI is InChI=1S/C19H32N2/c1-9-16(6)19(12-17(7)15(4)5)21(8)18(13-20)11-10-14(2)3/h10-13,15,20H,9H2,1-8H3/b17-12-,18-11+,19-16+,20-13?. The van der Waals surface area contributed by atoms with Crippen LogP contribution in [0, 0.1) is 11.3 Å². The van der Waals surface area contributed by atoms with Crippen LogP contribution in [0.1, 0.15) is 54.9 Å². The molecule has 0 amide bonds. The van der Waals surface area contributed by atoms with Gasteiger partial charge in [-0.3, -0.25) is 0 Å². The average molecular weight is 288 g/mol. The summed E-state index contributed by atoms with van der Waals surface area (Å²) in [6.45, 7) is 15.1. The Kier molecular flexibility index (Phi) is 8.68. The van der Waals surface area contributed by atoms with E-state index in [4.69, 9.17) is 5.41 Å². The molecule has 0 heterocycles. The lowest BCUT2D eigenvalue weighted by atomic mass is 10.0. The van der Waals surface area contributed by atoms with E-state index in [0.717, 1.165) is 12.1 Å². The molecule has 0 aliphatic heterocycles. The highest BCUT2D eigenvalue weighted by Crippen LogP contribution is 2.21. The first-order valence-electron chi connectivity index (χ1n) is 7.71. The SMILES string of the molecule is CC/C(C)=C(\C=C(\C)C(C)C)N(C)/C(C=N)=C/C=C(C)C. The van der Waals surface area contributed by atoms with E-state index in [-0.39, 0.29) is 0 Å². The van der Waals surface area contributed by atoms with Gasteiger partial charge in [0.15, 0.2) is 0 Å². The molecular formula is C19H32N2. The third-order valence-electron chi connectivity index (χ3n) is 3.73. The molecule has 0 rings (SSSR count). The molecule has 0 atom stereocenters. The molecule has 0 aromatic heterocycles. The summed E-state index contributed by atoms with van der Waals surface area (Å²) in [4.78, 5) is 2.11. The predicted octanol–water partition coefficient (Wildman–Crippen LogP) is 5.70. The molecule has 21 heavy (non-hydrogen) atoms. The Labute approximate surface area is 131 Å². The molecule has 118 valence electrons. The van der Waals surface area contributed by atoms with Gasteiger partial charge < -0.3 is 10.3 Å². The van der Waals surface area contributed by atoms with Crippen molar-refractivity contribution in [1.29, 1.82) is 5.41 Å². The van der Waals surface area contributed by atoms with Crippen LogP contribution in [-0.4, -0.2) is 18.2 Å². The summed E-state index contributed by atoms with van der Waals surface area (Å²) in [5.74, 6) is 0.531. The zero-order chi connectivity index (χ0) is 16.6. The largest absolute Gasteiger partial charge is 0.343 e. The van der Waals surface area contributed by atoms with Crippen molar-refractivity contribution in [1.82, 2.24) is 4.90 Å². The van der Waals surface area contributed by atoms with Crippen LogP contribution in [0.4, 0.5) is 0 Å². The van der Waals surface area contributed by atoms with Gasteiger partial charge in [0.2, 0.25) is 0 Å². The van der Waals surface area contributed by atoms with Crippen LogP contribution in [0.3, 0.4) is 0 Å². The number of hydrogen-bond donors (Lipinski definition) is 1. The molecule has 0 saturated carbocycles. The first kappa shape index (κ1) is 19.4. The molecule has 1 N–H and O–H groups in total. The van der Waals surface area contributed by atoms with Crippen LogP contribution in [0.25, 0.3) is 0 Å². The van der Waals surface area contributed by atoms with Gasteiger partial charge in [-0.2, -0.15) is 0 Å². The number of hydrogen-bond acceptors (Lipinski definition) is 2. The molecule has 0 aromatic rings. The minimum absolute atomic E-state index is 0.531. The van der Waals surface area contributed by atoms with Gasteiger partial charge in [0.25, 0.3) is 0 Å². The second kappa shape index (κ2) is 9.38. The molecule has 0 unspecified atom stereocenters. The smallest absolute Gasteiger partial charge is 0.0586 e. The van der Waals surface area contributed by atoms with Crippen molar-refractivity contribution in [3.8, 4) is 0 Å². The third-order valence-corrected chi connectivity index (χ3v) is 3.73. The monoisotopic (exact) mass is 288 g/mol. The fraction of sp³-hybridized carbons (Fsp3) is 0.526. The lowest BCUT2D eigenvalue weighted by Gasteiger charge is -2.24. The van der Waals surface area contributed by atoms with E-state index < -0.39 is 0 Å². The highest BCUT2D eigenvalue weighted by Gasteiger charge is 2.10. The number of likely N-dealkylation sites (N-methyl/N-ethyl adjacent to an activating group) is 1. The Morgan fingerprint density at radius 1 is 1.10 bits per heavy atom. The van der Waals surface area contributed by atoms with Crippen LogP contribution >= 0.6 is 0 Å².